The van der Waals surface area contributed by atoms with E-state index in [1.807, 2.05) is 26.0 Å². The van der Waals surface area contributed by atoms with Crippen LogP contribution in [0.2, 0.25) is 0 Å². The first-order valence-corrected chi connectivity index (χ1v) is 10.0. The molecule has 3 aromatic carbocycles. The minimum absolute atomic E-state index is 0.0275. The summed E-state index contributed by atoms with van der Waals surface area (Å²) in [6.07, 6.45) is 0.873. The van der Waals surface area contributed by atoms with Crippen LogP contribution in [0.1, 0.15) is 46.0 Å². The number of nitrogens with one attached hydrogen (secondary N) is 1. The molecule has 0 aromatic heterocycles. The van der Waals surface area contributed by atoms with Gasteiger partial charge < -0.3 is 5.32 Å². The van der Waals surface area contributed by atoms with Crippen LogP contribution in [0.15, 0.2) is 54.6 Å². The lowest BCUT2D eigenvalue weighted by Crippen LogP contribution is -2.15. The number of halogens is 3. The molecule has 1 N–H and O–H groups in total. The van der Waals surface area contributed by atoms with Crippen molar-refractivity contribution in [2.75, 3.05) is 5.32 Å². The third kappa shape index (κ3) is 3.60. The predicted molar refractivity (Wildman–Crippen MR) is 113 cm³/mol. The van der Waals surface area contributed by atoms with Crippen LogP contribution in [0.5, 0.6) is 0 Å². The molecule has 0 fully saturated rings. The minimum atomic E-state index is -2.79. The highest BCUT2D eigenvalue weighted by molar-refractivity contribution is 6.05. The second-order valence-corrected chi connectivity index (χ2v) is 7.69. The number of hydrogen-bond donors (Lipinski definition) is 1. The molecule has 1 aliphatic carbocycles. The van der Waals surface area contributed by atoms with Crippen LogP contribution in [0.25, 0.3) is 11.1 Å². The van der Waals surface area contributed by atoms with E-state index in [0.29, 0.717) is 24.1 Å². The standard InChI is InChI=1S/C25H22F3NO/c1-3-16-13-17(20-14-21-18(12-15(20)2)10-11-25(21,27)28)8-9-23(16)29-24(30)19-6-4-5-7-22(19)26/h4-9,12-14H,3,10-11H2,1-2H3,(H,29,30). The summed E-state index contributed by atoms with van der Waals surface area (Å²) in [6.45, 7) is 3.87. The average molecular weight is 409 g/mol. The Morgan fingerprint density at radius 1 is 1.10 bits per heavy atom. The van der Waals surface area contributed by atoms with E-state index in [0.717, 1.165) is 22.3 Å². The summed E-state index contributed by atoms with van der Waals surface area (Å²) in [5.74, 6) is -3.90. The van der Waals surface area contributed by atoms with Gasteiger partial charge in [0.1, 0.15) is 5.82 Å². The van der Waals surface area contributed by atoms with Gasteiger partial charge in [-0.05, 0) is 77.9 Å². The number of carbonyl (C=O) groups is 1. The van der Waals surface area contributed by atoms with Gasteiger partial charge in [0.15, 0.2) is 0 Å². The molecule has 154 valence electrons. The van der Waals surface area contributed by atoms with Gasteiger partial charge in [0.25, 0.3) is 11.8 Å². The van der Waals surface area contributed by atoms with Crippen LogP contribution >= 0.6 is 0 Å². The van der Waals surface area contributed by atoms with Crippen LogP contribution in [-0.4, -0.2) is 5.91 Å². The Balaban J connectivity index is 1.68. The summed E-state index contributed by atoms with van der Waals surface area (Å²) in [6, 6.07) is 14.7. The maximum Gasteiger partial charge on any atom is 0.273 e. The average Bonchev–Trinajstić information content (AvgIpc) is 3.01. The number of aryl methyl sites for hydroxylation is 3. The Kier molecular flexibility index (Phi) is 5.14. The van der Waals surface area contributed by atoms with Gasteiger partial charge in [0, 0.05) is 17.7 Å². The summed E-state index contributed by atoms with van der Waals surface area (Å²) >= 11 is 0. The van der Waals surface area contributed by atoms with Crippen LogP contribution in [0.3, 0.4) is 0 Å². The van der Waals surface area contributed by atoms with Gasteiger partial charge in [-0.3, -0.25) is 4.79 Å². The molecular weight excluding hydrogens is 387 g/mol. The predicted octanol–water partition coefficient (Wildman–Crippen LogP) is 6.65. The van der Waals surface area contributed by atoms with Crippen LogP contribution in [-0.2, 0) is 18.8 Å². The highest BCUT2D eigenvalue weighted by Crippen LogP contribution is 2.44. The Morgan fingerprint density at radius 3 is 2.60 bits per heavy atom. The summed E-state index contributed by atoms with van der Waals surface area (Å²) in [5.41, 5.74) is 4.75. The third-order valence-corrected chi connectivity index (χ3v) is 5.72. The summed E-state index contributed by atoms with van der Waals surface area (Å²) < 4.78 is 42.4. The number of amides is 1. The van der Waals surface area contributed by atoms with Crippen LogP contribution in [0, 0.1) is 12.7 Å². The number of benzene rings is 3. The fraction of sp³-hybridized carbons (Fsp3) is 0.240. The normalized spacial score (nSPS) is 14.4. The Morgan fingerprint density at radius 2 is 1.87 bits per heavy atom. The molecule has 4 rings (SSSR count). The molecule has 0 aliphatic heterocycles. The third-order valence-electron chi connectivity index (χ3n) is 5.72. The number of anilines is 1. The second-order valence-electron chi connectivity index (χ2n) is 7.69. The Hall–Kier alpha value is -3.08. The van der Waals surface area contributed by atoms with Gasteiger partial charge in [-0.15, -0.1) is 0 Å². The highest BCUT2D eigenvalue weighted by Gasteiger charge is 2.39. The molecule has 0 saturated carbocycles. The monoisotopic (exact) mass is 409 g/mol. The van der Waals surface area contributed by atoms with Gasteiger partial charge in [-0.1, -0.05) is 31.2 Å². The molecule has 0 heterocycles. The molecule has 30 heavy (non-hydrogen) atoms. The second kappa shape index (κ2) is 7.63. The van der Waals surface area contributed by atoms with E-state index in [4.69, 9.17) is 0 Å². The van der Waals surface area contributed by atoms with Crippen molar-refractivity contribution in [2.45, 2.75) is 39.0 Å². The number of carbonyl (C=O) groups excluding carboxylic acids is 1. The molecular formula is C25H22F3NO. The van der Waals surface area contributed by atoms with E-state index in [-0.39, 0.29) is 17.5 Å². The van der Waals surface area contributed by atoms with Gasteiger partial charge in [-0.25, -0.2) is 13.2 Å². The van der Waals surface area contributed by atoms with Crippen LogP contribution < -0.4 is 5.32 Å². The summed E-state index contributed by atoms with van der Waals surface area (Å²) in [4.78, 5) is 12.5. The van der Waals surface area contributed by atoms with E-state index in [2.05, 4.69) is 5.32 Å². The zero-order chi connectivity index (χ0) is 21.5. The van der Waals surface area contributed by atoms with Crippen molar-refractivity contribution in [1.82, 2.24) is 0 Å². The van der Waals surface area contributed by atoms with Crippen molar-refractivity contribution in [3.05, 3.63) is 88.2 Å². The summed E-state index contributed by atoms with van der Waals surface area (Å²) in [7, 11) is 0. The lowest BCUT2D eigenvalue weighted by Gasteiger charge is -2.16. The van der Waals surface area contributed by atoms with Crippen molar-refractivity contribution in [3.8, 4) is 11.1 Å². The first kappa shape index (κ1) is 20.2. The molecule has 1 amide bonds. The SMILES string of the molecule is CCc1cc(-c2cc3c(cc2C)CCC3(F)F)ccc1NC(=O)c1ccccc1F. The maximum atomic E-state index is 14.2. The molecule has 3 aromatic rings. The van der Waals surface area contributed by atoms with Crippen molar-refractivity contribution in [1.29, 1.82) is 0 Å². The number of alkyl halides is 2. The Bertz CT molecular complexity index is 1140. The lowest BCUT2D eigenvalue weighted by molar-refractivity contribution is -0.00181. The van der Waals surface area contributed by atoms with E-state index >= 15 is 0 Å². The topological polar surface area (TPSA) is 29.1 Å². The quantitative estimate of drug-likeness (QED) is 0.513. The smallest absolute Gasteiger partial charge is 0.273 e. The first-order valence-electron chi connectivity index (χ1n) is 10.0. The van der Waals surface area contributed by atoms with Gasteiger partial charge in [-0.2, -0.15) is 0 Å². The van der Waals surface area contributed by atoms with Crippen LogP contribution in [0.4, 0.5) is 18.9 Å². The van der Waals surface area contributed by atoms with Crippen molar-refractivity contribution < 1.29 is 18.0 Å². The van der Waals surface area contributed by atoms with E-state index < -0.39 is 17.6 Å². The van der Waals surface area contributed by atoms with Crippen molar-refractivity contribution in [3.63, 3.8) is 0 Å². The lowest BCUT2D eigenvalue weighted by atomic mass is 9.93. The molecule has 2 nitrogen and oxygen atoms in total. The fourth-order valence-electron chi connectivity index (χ4n) is 4.06. The largest absolute Gasteiger partial charge is 0.322 e. The molecule has 0 atom stereocenters. The Labute approximate surface area is 173 Å². The van der Waals surface area contributed by atoms with E-state index in [9.17, 15) is 18.0 Å². The zero-order valence-corrected chi connectivity index (χ0v) is 16.9. The number of hydrogen-bond acceptors (Lipinski definition) is 1. The molecule has 0 radical (unpaired) electrons. The van der Waals surface area contributed by atoms with Gasteiger partial charge in [0.2, 0.25) is 0 Å². The van der Waals surface area contributed by atoms with Crippen molar-refractivity contribution in [2.24, 2.45) is 0 Å². The molecule has 0 saturated heterocycles. The first-order chi connectivity index (χ1) is 14.3. The molecule has 0 bridgehead atoms. The summed E-state index contributed by atoms with van der Waals surface area (Å²) in [5, 5.41) is 2.77. The molecule has 5 heteroatoms. The zero-order valence-electron chi connectivity index (χ0n) is 16.9. The van der Waals surface area contributed by atoms with E-state index in [1.54, 1.807) is 24.3 Å². The fourth-order valence-corrected chi connectivity index (χ4v) is 4.06. The molecule has 1 aliphatic rings. The van der Waals surface area contributed by atoms with Gasteiger partial charge >= 0.3 is 0 Å². The van der Waals surface area contributed by atoms with E-state index in [1.165, 1.54) is 18.2 Å². The number of rotatable bonds is 4. The van der Waals surface area contributed by atoms with Crippen molar-refractivity contribution >= 4 is 11.6 Å². The minimum Gasteiger partial charge on any atom is -0.322 e. The molecule has 0 spiro atoms. The molecule has 0 unspecified atom stereocenters. The number of fused-ring (bicyclic) bond motifs is 1. The van der Waals surface area contributed by atoms with Gasteiger partial charge in [0.05, 0.1) is 5.56 Å². The highest BCUT2D eigenvalue weighted by atomic mass is 19.3. The maximum absolute atomic E-state index is 14.2.